The van der Waals surface area contributed by atoms with Gasteiger partial charge in [-0.1, -0.05) is 54.6 Å². The van der Waals surface area contributed by atoms with Crippen LogP contribution >= 0.6 is 0 Å². The monoisotopic (exact) mass is 395 g/mol. The molecule has 0 unspecified atom stereocenters. The van der Waals surface area contributed by atoms with Crippen LogP contribution in [0, 0.1) is 5.82 Å². The second-order valence-electron chi connectivity index (χ2n) is 6.45. The van der Waals surface area contributed by atoms with Crippen LogP contribution in [0.5, 0.6) is 0 Å². The Bertz CT molecular complexity index is 1220. The topological polar surface area (TPSA) is 30.0 Å². The van der Waals surface area contributed by atoms with E-state index in [0.29, 0.717) is 11.1 Å². The highest BCUT2D eigenvalue weighted by Gasteiger charge is 2.34. The second-order valence-corrected chi connectivity index (χ2v) is 6.45. The van der Waals surface area contributed by atoms with Crippen molar-refractivity contribution >= 4 is 16.7 Å². The Morgan fingerprint density at radius 3 is 2.28 bits per heavy atom. The number of pyridine rings is 1. The summed E-state index contributed by atoms with van der Waals surface area (Å²) in [6.07, 6.45) is -3.46. The van der Waals surface area contributed by atoms with Gasteiger partial charge in [0.1, 0.15) is 5.82 Å². The molecule has 1 heterocycles. The Morgan fingerprint density at radius 1 is 0.862 bits per heavy atom. The van der Waals surface area contributed by atoms with Crippen molar-refractivity contribution < 1.29 is 22.4 Å². The first-order chi connectivity index (χ1) is 13.9. The highest BCUT2D eigenvalue weighted by Crippen LogP contribution is 2.38. The first kappa shape index (κ1) is 18.8. The fourth-order valence-electron chi connectivity index (χ4n) is 3.33. The number of ketones is 1. The Kier molecular flexibility index (Phi) is 4.62. The number of hydrogen-bond donors (Lipinski definition) is 0. The number of nitrogens with zero attached hydrogens (tertiary/aromatic N) is 1. The molecule has 4 aromatic rings. The van der Waals surface area contributed by atoms with Crippen molar-refractivity contribution in [3.63, 3.8) is 0 Å². The van der Waals surface area contributed by atoms with Crippen molar-refractivity contribution in [2.24, 2.45) is 0 Å². The Hall–Kier alpha value is -3.54. The van der Waals surface area contributed by atoms with E-state index in [-0.39, 0.29) is 22.0 Å². The summed E-state index contributed by atoms with van der Waals surface area (Å²) in [4.78, 5) is 17.1. The summed E-state index contributed by atoms with van der Waals surface area (Å²) in [6, 6.07) is 17.5. The molecule has 6 heteroatoms. The third-order valence-corrected chi connectivity index (χ3v) is 4.60. The lowest BCUT2D eigenvalue weighted by Crippen LogP contribution is -2.09. The van der Waals surface area contributed by atoms with Gasteiger partial charge in [-0.2, -0.15) is 13.2 Å². The normalized spacial score (nSPS) is 11.6. The molecule has 29 heavy (non-hydrogen) atoms. The first-order valence-electron chi connectivity index (χ1n) is 8.71. The van der Waals surface area contributed by atoms with Crippen LogP contribution in [0.25, 0.3) is 22.0 Å². The molecule has 0 N–H and O–H groups in total. The van der Waals surface area contributed by atoms with E-state index in [2.05, 4.69) is 4.98 Å². The summed E-state index contributed by atoms with van der Waals surface area (Å²) < 4.78 is 54.0. The van der Waals surface area contributed by atoms with E-state index in [9.17, 15) is 22.4 Å². The van der Waals surface area contributed by atoms with Gasteiger partial charge in [0.15, 0.2) is 5.78 Å². The van der Waals surface area contributed by atoms with Crippen LogP contribution in [0.2, 0.25) is 0 Å². The molecular weight excluding hydrogens is 382 g/mol. The molecule has 1 aromatic heterocycles. The molecule has 0 aliphatic rings. The lowest BCUT2D eigenvalue weighted by Gasteiger charge is -2.15. The van der Waals surface area contributed by atoms with Crippen LogP contribution in [-0.2, 0) is 6.18 Å². The number of benzene rings is 3. The van der Waals surface area contributed by atoms with Crippen LogP contribution in [0.4, 0.5) is 17.6 Å². The number of fused-ring (bicyclic) bond motifs is 1. The number of aromatic nitrogens is 1. The van der Waals surface area contributed by atoms with E-state index >= 15 is 0 Å². The SMILES string of the molecule is O=C(c1cccc(F)c1)c1cnc2c(C(F)(F)F)cccc2c1-c1ccccc1. The standard InChI is InChI=1S/C23H13F4NO/c24-16-9-4-8-15(12-16)22(29)18-13-28-21-17(10-5-11-19(21)23(25,26)27)20(18)14-6-2-1-3-7-14/h1-13H. The summed E-state index contributed by atoms with van der Waals surface area (Å²) in [5.74, 6) is -1.10. The van der Waals surface area contributed by atoms with E-state index in [4.69, 9.17) is 0 Å². The fraction of sp³-hybridized carbons (Fsp3) is 0.0435. The predicted octanol–water partition coefficient (Wildman–Crippen LogP) is 6.29. The molecule has 0 saturated heterocycles. The molecule has 0 aliphatic heterocycles. The molecule has 0 fully saturated rings. The van der Waals surface area contributed by atoms with E-state index < -0.39 is 23.3 Å². The van der Waals surface area contributed by atoms with E-state index in [1.807, 2.05) is 0 Å². The van der Waals surface area contributed by atoms with Crippen molar-refractivity contribution in [1.29, 1.82) is 0 Å². The van der Waals surface area contributed by atoms with Crippen molar-refractivity contribution in [3.05, 3.63) is 102 Å². The van der Waals surface area contributed by atoms with Gasteiger partial charge in [0.25, 0.3) is 0 Å². The molecule has 0 radical (unpaired) electrons. The van der Waals surface area contributed by atoms with Crippen molar-refractivity contribution in [2.45, 2.75) is 6.18 Å². The second kappa shape index (κ2) is 7.13. The minimum absolute atomic E-state index is 0.0929. The average molecular weight is 395 g/mol. The zero-order chi connectivity index (χ0) is 20.6. The predicted molar refractivity (Wildman–Crippen MR) is 102 cm³/mol. The van der Waals surface area contributed by atoms with Crippen molar-refractivity contribution in [1.82, 2.24) is 4.98 Å². The maximum atomic E-state index is 13.6. The lowest BCUT2D eigenvalue weighted by molar-refractivity contribution is -0.136. The maximum Gasteiger partial charge on any atom is 0.418 e. The first-order valence-corrected chi connectivity index (χ1v) is 8.71. The number of hydrogen-bond acceptors (Lipinski definition) is 2. The lowest BCUT2D eigenvalue weighted by atomic mass is 9.91. The van der Waals surface area contributed by atoms with E-state index in [1.165, 1.54) is 30.3 Å². The number of halogens is 4. The molecule has 0 amide bonds. The summed E-state index contributed by atoms with van der Waals surface area (Å²) >= 11 is 0. The molecule has 0 bridgehead atoms. The van der Waals surface area contributed by atoms with Crippen molar-refractivity contribution in [3.8, 4) is 11.1 Å². The van der Waals surface area contributed by atoms with Gasteiger partial charge in [-0.05, 0) is 23.8 Å². The number of para-hydroxylation sites is 1. The van der Waals surface area contributed by atoms with Crippen LogP contribution in [-0.4, -0.2) is 10.8 Å². The Morgan fingerprint density at radius 2 is 1.59 bits per heavy atom. The van der Waals surface area contributed by atoms with Gasteiger partial charge in [0.2, 0.25) is 0 Å². The third kappa shape index (κ3) is 3.49. The smallest absolute Gasteiger partial charge is 0.289 e. The number of rotatable bonds is 3. The summed E-state index contributed by atoms with van der Waals surface area (Å²) in [7, 11) is 0. The molecule has 0 aliphatic carbocycles. The van der Waals surface area contributed by atoms with Gasteiger partial charge in [-0.15, -0.1) is 0 Å². The summed E-state index contributed by atoms with van der Waals surface area (Å²) in [6.45, 7) is 0. The van der Waals surface area contributed by atoms with Crippen molar-refractivity contribution in [2.75, 3.05) is 0 Å². The molecule has 0 spiro atoms. The van der Waals surface area contributed by atoms with Crippen LogP contribution < -0.4 is 0 Å². The van der Waals surface area contributed by atoms with Gasteiger partial charge < -0.3 is 0 Å². The number of carbonyl (C=O) groups is 1. The van der Waals surface area contributed by atoms with E-state index in [0.717, 1.165) is 18.3 Å². The zero-order valence-electron chi connectivity index (χ0n) is 14.9. The van der Waals surface area contributed by atoms with Gasteiger partial charge in [-0.25, -0.2) is 4.39 Å². The third-order valence-electron chi connectivity index (χ3n) is 4.60. The Labute approximate surface area is 163 Å². The Balaban J connectivity index is 2.04. The zero-order valence-corrected chi connectivity index (χ0v) is 14.9. The van der Waals surface area contributed by atoms with Crippen LogP contribution in [0.1, 0.15) is 21.5 Å². The molecule has 0 saturated carbocycles. The quantitative estimate of drug-likeness (QED) is 0.301. The van der Waals surface area contributed by atoms with E-state index in [1.54, 1.807) is 30.3 Å². The highest BCUT2D eigenvalue weighted by molar-refractivity contribution is 6.16. The molecule has 3 aromatic carbocycles. The average Bonchev–Trinajstić information content (AvgIpc) is 2.72. The highest BCUT2D eigenvalue weighted by atomic mass is 19.4. The number of carbonyl (C=O) groups excluding carboxylic acids is 1. The van der Waals surface area contributed by atoms with Gasteiger partial charge in [0.05, 0.1) is 11.1 Å². The molecule has 144 valence electrons. The largest absolute Gasteiger partial charge is 0.418 e. The van der Waals surface area contributed by atoms with Crippen LogP contribution in [0.3, 0.4) is 0 Å². The molecular formula is C23H13F4NO. The summed E-state index contributed by atoms with van der Waals surface area (Å²) in [5, 5.41) is 0.202. The summed E-state index contributed by atoms with van der Waals surface area (Å²) in [5.41, 5.74) is -0.0227. The number of alkyl halides is 3. The van der Waals surface area contributed by atoms with Gasteiger partial charge in [-0.3, -0.25) is 9.78 Å². The van der Waals surface area contributed by atoms with Crippen LogP contribution in [0.15, 0.2) is 79.0 Å². The molecule has 4 rings (SSSR count). The van der Waals surface area contributed by atoms with Gasteiger partial charge in [0, 0.05) is 28.3 Å². The van der Waals surface area contributed by atoms with Gasteiger partial charge >= 0.3 is 6.18 Å². The minimum Gasteiger partial charge on any atom is -0.289 e. The fourth-order valence-corrected chi connectivity index (χ4v) is 3.33. The maximum absolute atomic E-state index is 13.6. The molecule has 2 nitrogen and oxygen atoms in total. The minimum atomic E-state index is -4.59. The molecule has 0 atom stereocenters.